The molecule has 1 saturated heterocycles. The smallest absolute Gasteiger partial charge is 0.201 e. The van der Waals surface area contributed by atoms with Gasteiger partial charge in [-0.2, -0.15) is 0 Å². The molecule has 16 heavy (non-hydrogen) atoms. The molecule has 0 radical (unpaired) electrons. The highest BCUT2D eigenvalue weighted by Crippen LogP contribution is 2.21. The van der Waals surface area contributed by atoms with Crippen molar-refractivity contribution in [3.05, 3.63) is 29.6 Å². The number of ether oxygens (including phenoxy) is 2. The van der Waals surface area contributed by atoms with Crippen LogP contribution in [0.15, 0.2) is 18.3 Å². The Balaban J connectivity index is 2.12. The zero-order valence-electron chi connectivity index (χ0n) is 9.47. The number of hydrogen-bond acceptors (Lipinski definition) is 4. The molecule has 1 fully saturated rings. The summed E-state index contributed by atoms with van der Waals surface area (Å²) in [6.07, 6.45) is 1.21. The van der Waals surface area contributed by atoms with E-state index in [9.17, 15) is 4.79 Å². The van der Waals surface area contributed by atoms with Crippen LogP contribution in [0.4, 0.5) is 0 Å². The van der Waals surface area contributed by atoms with Crippen molar-refractivity contribution in [2.45, 2.75) is 20.1 Å². The molecule has 0 atom stereocenters. The average Bonchev–Trinajstić information content (AvgIpc) is 2.81. The molecular formula is C12H15NO3. The summed E-state index contributed by atoms with van der Waals surface area (Å²) in [6.45, 7) is 4.94. The summed E-state index contributed by atoms with van der Waals surface area (Å²) in [7, 11) is 0. The van der Waals surface area contributed by atoms with Crippen molar-refractivity contribution in [1.29, 1.82) is 0 Å². The standard InChI is InChI=1S/C12H15NO3/c1-8(2)11(14)9-3-4-10(13-7-9)12-15-5-6-16-12/h3-4,7-8,12H,5-6H2,1-2H3. The van der Waals surface area contributed by atoms with Gasteiger partial charge in [-0.3, -0.25) is 9.78 Å². The fourth-order valence-electron chi connectivity index (χ4n) is 1.55. The predicted molar refractivity (Wildman–Crippen MR) is 58.1 cm³/mol. The van der Waals surface area contributed by atoms with Gasteiger partial charge >= 0.3 is 0 Å². The summed E-state index contributed by atoms with van der Waals surface area (Å²) < 4.78 is 10.6. The van der Waals surface area contributed by atoms with E-state index in [0.29, 0.717) is 18.8 Å². The maximum atomic E-state index is 11.7. The van der Waals surface area contributed by atoms with Crippen LogP contribution in [-0.2, 0) is 9.47 Å². The van der Waals surface area contributed by atoms with Gasteiger partial charge in [0.25, 0.3) is 0 Å². The maximum Gasteiger partial charge on any atom is 0.201 e. The first kappa shape index (κ1) is 11.2. The van der Waals surface area contributed by atoms with Crippen LogP contribution in [0.2, 0.25) is 0 Å². The topological polar surface area (TPSA) is 48.4 Å². The molecule has 0 bridgehead atoms. The third-order valence-corrected chi connectivity index (χ3v) is 2.46. The molecule has 4 nitrogen and oxygen atoms in total. The van der Waals surface area contributed by atoms with Gasteiger partial charge in [0.15, 0.2) is 5.78 Å². The van der Waals surface area contributed by atoms with E-state index in [1.54, 1.807) is 18.3 Å². The Hall–Kier alpha value is -1.26. The molecule has 0 aliphatic carbocycles. The minimum absolute atomic E-state index is 0.00775. The van der Waals surface area contributed by atoms with Gasteiger partial charge < -0.3 is 9.47 Å². The quantitative estimate of drug-likeness (QED) is 0.732. The highest BCUT2D eigenvalue weighted by atomic mass is 16.7. The summed E-state index contributed by atoms with van der Waals surface area (Å²) >= 11 is 0. The van der Waals surface area contributed by atoms with Gasteiger partial charge in [-0.05, 0) is 12.1 Å². The van der Waals surface area contributed by atoms with E-state index in [4.69, 9.17) is 9.47 Å². The third-order valence-electron chi connectivity index (χ3n) is 2.46. The predicted octanol–water partition coefficient (Wildman–Crippen LogP) is 1.97. The minimum atomic E-state index is -0.372. The summed E-state index contributed by atoms with van der Waals surface area (Å²) in [5.74, 6) is 0.0962. The number of pyridine rings is 1. The van der Waals surface area contributed by atoms with Crippen LogP contribution >= 0.6 is 0 Å². The van der Waals surface area contributed by atoms with Gasteiger partial charge in [0.1, 0.15) is 0 Å². The largest absolute Gasteiger partial charge is 0.345 e. The highest BCUT2D eigenvalue weighted by Gasteiger charge is 2.20. The van der Waals surface area contributed by atoms with E-state index in [0.717, 1.165) is 5.69 Å². The van der Waals surface area contributed by atoms with E-state index < -0.39 is 0 Å². The van der Waals surface area contributed by atoms with Crippen molar-refractivity contribution >= 4 is 5.78 Å². The SMILES string of the molecule is CC(C)C(=O)c1ccc(C2OCCO2)nc1. The second-order valence-electron chi connectivity index (χ2n) is 4.06. The first-order valence-corrected chi connectivity index (χ1v) is 5.42. The van der Waals surface area contributed by atoms with Gasteiger partial charge in [0.2, 0.25) is 6.29 Å². The Morgan fingerprint density at radius 1 is 1.38 bits per heavy atom. The summed E-state index contributed by atoms with van der Waals surface area (Å²) in [5.41, 5.74) is 1.36. The number of nitrogens with zero attached hydrogens (tertiary/aromatic N) is 1. The molecule has 86 valence electrons. The average molecular weight is 221 g/mol. The number of carbonyl (C=O) groups excluding carboxylic acids is 1. The van der Waals surface area contributed by atoms with Gasteiger partial charge in [0, 0.05) is 17.7 Å². The van der Waals surface area contributed by atoms with Crippen LogP contribution in [0, 0.1) is 5.92 Å². The lowest BCUT2D eigenvalue weighted by Crippen LogP contribution is -2.09. The fourth-order valence-corrected chi connectivity index (χ4v) is 1.55. The van der Waals surface area contributed by atoms with Gasteiger partial charge in [-0.15, -0.1) is 0 Å². The molecule has 0 spiro atoms. The second-order valence-corrected chi connectivity index (χ2v) is 4.06. The lowest BCUT2D eigenvalue weighted by molar-refractivity contribution is -0.0473. The first-order valence-electron chi connectivity index (χ1n) is 5.42. The van der Waals surface area contributed by atoms with Crippen molar-refractivity contribution in [3.63, 3.8) is 0 Å². The molecule has 1 aliphatic heterocycles. The Morgan fingerprint density at radius 2 is 2.06 bits per heavy atom. The van der Waals surface area contributed by atoms with Crippen LogP contribution < -0.4 is 0 Å². The normalized spacial score (nSPS) is 16.9. The van der Waals surface area contributed by atoms with E-state index in [-0.39, 0.29) is 18.0 Å². The van der Waals surface area contributed by atoms with Crippen molar-refractivity contribution in [2.24, 2.45) is 5.92 Å². The number of carbonyl (C=O) groups is 1. The molecule has 2 heterocycles. The summed E-state index contributed by atoms with van der Waals surface area (Å²) in [4.78, 5) is 15.9. The highest BCUT2D eigenvalue weighted by molar-refractivity contribution is 5.97. The minimum Gasteiger partial charge on any atom is -0.345 e. The lowest BCUT2D eigenvalue weighted by Gasteiger charge is -2.09. The molecule has 0 aromatic carbocycles. The van der Waals surface area contributed by atoms with E-state index in [1.807, 2.05) is 13.8 Å². The molecule has 1 aromatic heterocycles. The van der Waals surface area contributed by atoms with Crippen molar-refractivity contribution in [1.82, 2.24) is 4.98 Å². The van der Waals surface area contributed by atoms with E-state index in [1.165, 1.54) is 0 Å². The lowest BCUT2D eigenvalue weighted by atomic mass is 10.0. The zero-order valence-corrected chi connectivity index (χ0v) is 9.47. The summed E-state index contributed by atoms with van der Waals surface area (Å²) in [6, 6.07) is 3.56. The van der Waals surface area contributed by atoms with Gasteiger partial charge in [-0.1, -0.05) is 13.8 Å². The monoisotopic (exact) mass is 221 g/mol. The molecule has 0 N–H and O–H groups in total. The Labute approximate surface area is 94.6 Å². The van der Waals surface area contributed by atoms with E-state index in [2.05, 4.69) is 4.98 Å². The molecule has 4 heteroatoms. The first-order chi connectivity index (χ1) is 7.68. The van der Waals surface area contributed by atoms with Gasteiger partial charge in [-0.25, -0.2) is 0 Å². The van der Waals surface area contributed by atoms with Crippen molar-refractivity contribution in [3.8, 4) is 0 Å². The maximum absolute atomic E-state index is 11.7. The number of Topliss-reactive ketones (excluding diaryl/α,β-unsaturated/α-hetero) is 1. The number of aromatic nitrogens is 1. The second kappa shape index (κ2) is 4.72. The molecule has 2 rings (SSSR count). The molecule has 0 amide bonds. The van der Waals surface area contributed by atoms with Crippen LogP contribution in [0.1, 0.15) is 36.2 Å². The fraction of sp³-hybridized carbons (Fsp3) is 0.500. The van der Waals surface area contributed by atoms with Crippen molar-refractivity contribution in [2.75, 3.05) is 13.2 Å². The number of hydrogen-bond donors (Lipinski definition) is 0. The van der Waals surface area contributed by atoms with Gasteiger partial charge in [0.05, 0.1) is 18.9 Å². The van der Waals surface area contributed by atoms with Crippen LogP contribution in [0.5, 0.6) is 0 Å². The molecule has 0 saturated carbocycles. The Morgan fingerprint density at radius 3 is 2.56 bits per heavy atom. The van der Waals surface area contributed by atoms with Crippen LogP contribution in [-0.4, -0.2) is 24.0 Å². The van der Waals surface area contributed by atoms with E-state index >= 15 is 0 Å². The zero-order chi connectivity index (χ0) is 11.5. The molecule has 1 aliphatic rings. The third kappa shape index (κ3) is 2.28. The molecule has 0 unspecified atom stereocenters. The number of rotatable bonds is 3. The summed E-state index contributed by atoms with van der Waals surface area (Å²) in [5, 5.41) is 0. The van der Waals surface area contributed by atoms with Crippen LogP contribution in [0.25, 0.3) is 0 Å². The van der Waals surface area contributed by atoms with Crippen LogP contribution in [0.3, 0.4) is 0 Å². The molecule has 1 aromatic rings. The van der Waals surface area contributed by atoms with Crippen molar-refractivity contribution < 1.29 is 14.3 Å². The molecular weight excluding hydrogens is 206 g/mol. The Bertz CT molecular complexity index is 366. The Kier molecular flexibility index (Phi) is 3.31. The number of ketones is 1.